The predicted octanol–water partition coefficient (Wildman–Crippen LogP) is 2.78. The Kier molecular flexibility index (Phi) is 3.88. The molecule has 0 N–H and O–H groups in total. The standard InChI is InChI=1S/C22H23N3O2/c1-2-15-9-11-17(12-10-15)25-21(26)18-19(16-7-4-3-5-8-16)23-13-6-14-24(23)20(18)22(25)27/h3-5,7-12,18-20H,2,6,13-14H2,1H3/t18-,19+,20+/m0/s1. The summed E-state index contributed by atoms with van der Waals surface area (Å²) in [6, 6.07) is 17.5. The molecule has 2 aromatic carbocycles. The van der Waals surface area contributed by atoms with Gasteiger partial charge in [0.25, 0.3) is 5.91 Å². The molecule has 0 aromatic heterocycles. The number of carbonyl (C=O) groups is 2. The lowest BCUT2D eigenvalue weighted by Gasteiger charge is -2.29. The Morgan fingerprint density at radius 1 is 0.852 bits per heavy atom. The van der Waals surface area contributed by atoms with Gasteiger partial charge in [0.2, 0.25) is 5.91 Å². The van der Waals surface area contributed by atoms with Gasteiger partial charge in [-0.05, 0) is 36.1 Å². The van der Waals surface area contributed by atoms with Crippen LogP contribution in [0, 0.1) is 5.92 Å². The monoisotopic (exact) mass is 361 g/mol. The largest absolute Gasteiger partial charge is 0.274 e. The number of amides is 2. The topological polar surface area (TPSA) is 43.9 Å². The molecule has 3 aliphatic rings. The second-order valence-corrected chi connectivity index (χ2v) is 7.54. The molecule has 138 valence electrons. The maximum absolute atomic E-state index is 13.4. The second-order valence-electron chi connectivity index (χ2n) is 7.54. The van der Waals surface area contributed by atoms with Crippen molar-refractivity contribution in [3.63, 3.8) is 0 Å². The number of aryl methyl sites for hydroxylation is 1. The Bertz CT molecular complexity index is 880. The van der Waals surface area contributed by atoms with Crippen LogP contribution in [0.5, 0.6) is 0 Å². The van der Waals surface area contributed by atoms with E-state index in [0.29, 0.717) is 5.69 Å². The van der Waals surface area contributed by atoms with Crippen molar-refractivity contribution >= 4 is 17.5 Å². The Labute approximate surface area is 159 Å². The van der Waals surface area contributed by atoms with Gasteiger partial charge in [0.1, 0.15) is 6.04 Å². The molecule has 2 aromatic rings. The van der Waals surface area contributed by atoms with E-state index in [9.17, 15) is 9.59 Å². The van der Waals surface area contributed by atoms with E-state index < -0.39 is 0 Å². The molecule has 5 heteroatoms. The molecule has 3 heterocycles. The minimum Gasteiger partial charge on any atom is -0.274 e. The number of fused-ring (bicyclic) bond motifs is 3. The number of imide groups is 1. The average Bonchev–Trinajstić information content (AvgIpc) is 3.35. The molecule has 0 spiro atoms. The highest BCUT2D eigenvalue weighted by atomic mass is 16.2. The van der Waals surface area contributed by atoms with Crippen LogP contribution in [0.1, 0.15) is 30.5 Å². The number of nitrogens with zero attached hydrogens (tertiary/aromatic N) is 3. The molecule has 5 rings (SSSR count). The van der Waals surface area contributed by atoms with E-state index in [1.165, 1.54) is 10.5 Å². The Balaban J connectivity index is 1.55. The molecule has 27 heavy (non-hydrogen) atoms. The lowest BCUT2D eigenvalue weighted by Crippen LogP contribution is -2.44. The van der Waals surface area contributed by atoms with Crippen molar-refractivity contribution in [1.29, 1.82) is 0 Å². The molecule has 0 unspecified atom stereocenters. The minimum absolute atomic E-state index is 0.0601. The van der Waals surface area contributed by atoms with E-state index in [1.54, 1.807) is 0 Å². The van der Waals surface area contributed by atoms with Gasteiger partial charge >= 0.3 is 0 Å². The summed E-state index contributed by atoms with van der Waals surface area (Å²) in [4.78, 5) is 28.1. The zero-order chi connectivity index (χ0) is 18.5. The van der Waals surface area contributed by atoms with Crippen LogP contribution in [0.25, 0.3) is 0 Å². The van der Waals surface area contributed by atoms with Crippen molar-refractivity contribution in [2.75, 3.05) is 18.0 Å². The van der Waals surface area contributed by atoms with Crippen LogP contribution in [0.2, 0.25) is 0 Å². The van der Waals surface area contributed by atoms with Crippen LogP contribution in [-0.2, 0) is 16.0 Å². The summed E-state index contributed by atoms with van der Waals surface area (Å²) in [5.74, 6) is -0.497. The van der Waals surface area contributed by atoms with E-state index in [-0.39, 0.29) is 29.8 Å². The highest BCUT2D eigenvalue weighted by Crippen LogP contribution is 2.48. The van der Waals surface area contributed by atoms with Crippen molar-refractivity contribution in [3.8, 4) is 0 Å². The van der Waals surface area contributed by atoms with Crippen LogP contribution < -0.4 is 4.90 Å². The Morgan fingerprint density at radius 2 is 1.52 bits per heavy atom. The van der Waals surface area contributed by atoms with Crippen molar-refractivity contribution in [1.82, 2.24) is 10.0 Å². The third-order valence-corrected chi connectivity index (χ3v) is 6.15. The van der Waals surface area contributed by atoms with E-state index in [2.05, 4.69) is 29.1 Å². The lowest BCUT2D eigenvalue weighted by molar-refractivity contribution is -0.126. The zero-order valence-electron chi connectivity index (χ0n) is 15.4. The van der Waals surface area contributed by atoms with E-state index in [4.69, 9.17) is 0 Å². The predicted molar refractivity (Wildman–Crippen MR) is 103 cm³/mol. The van der Waals surface area contributed by atoms with Gasteiger partial charge < -0.3 is 0 Å². The van der Waals surface area contributed by atoms with Crippen LogP contribution in [0.4, 0.5) is 5.69 Å². The number of anilines is 1. The fourth-order valence-corrected chi connectivity index (χ4v) is 4.90. The molecule has 0 bridgehead atoms. The minimum atomic E-state index is -0.379. The summed E-state index contributed by atoms with van der Waals surface area (Å²) in [5.41, 5.74) is 3.00. The van der Waals surface area contributed by atoms with Gasteiger partial charge in [-0.25, -0.2) is 14.9 Å². The SMILES string of the molecule is CCc1ccc(N2C(=O)[C@H]3[C@@H](c4ccccc4)N4CCCN4[C@H]3C2=O)cc1. The molecule has 2 amide bonds. The smallest absolute Gasteiger partial charge is 0.253 e. The summed E-state index contributed by atoms with van der Waals surface area (Å²) < 4.78 is 0. The number of rotatable bonds is 3. The molecule has 0 saturated carbocycles. The number of benzene rings is 2. The van der Waals surface area contributed by atoms with Gasteiger partial charge in [-0.1, -0.05) is 49.4 Å². The fraction of sp³-hybridized carbons (Fsp3) is 0.364. The van der Waals surface area contributed by atoms with Crippen LogP contribution >= 0.6 is 0 Å². The van der Waals surface area contributed by atoms with Gasteiger partial charge in [-0.3, -0.25) is 9.59 Å². The van der Waals surface area contributed by atoms with Crippen molar-refractivity contribution in [2.45, 2.75) is 31.8 Å². The summed E-state index contributed by atoms with van der Waals surface area (Å²) in [7, 11) is 0. The van der Waals surface area contributed by atoms with E-state index in [0.717, 1.165) is 31.5 Å². The molecule has 3 fully saturated rings. The van der Waals surface area contributed by atoms with Crippen LogP contribution in [-0.4, -0.2) is 41.0 Å². The maximum atomic E-state index is 13.4. The van der Waals surface area contributed by atoms with Gasteiger partial charge in [0.15, 0.2) is 0 Å². The number of hydrogen-bond donors (Lipinski definition) is 0. The number of hydrazine groups is 1. The molecular weight excluding hydrogens is 338 g/mol. The first-order chi connectivity index (χ1) is 13.2. The summed E-state index contributed by atoms with van der Waals surface area (Å²) in [6.45, 7) is 3.84. The first kappa shape index (κ1) is 16.7. The van der Waals surface area contributed by atoms with Crippen molar-refractivity contribution in [2.24, 2.45) is 5.92 Å². The third-order valence-electron chi connectivity index (χ3n) is 6.15. The van der Waals surface area contributed by atoms with Crippen LogP contribution in [0.15, 0.2) is 54.6 Å². The van der Waals surface area contributed by atoms with Crippen molar-refractivity contribution in [3.05, 3.63) is 65.7 Å². The normalized spacial score (nSPS) is 28.0. The molecule has 3 aliphatic heterocycles. The molecule has 3 atom stereocenters. The van der Waals surface area contributed by atoms with Gasteiger partial charge in [-0.15, -0.1) is 0 Å². The highest BCUT2D eigenvalue weighted by molar-refractivity contribution is 6.24. The summed E-state index contributed by atoms with van der Waals surface area (Å²) >= 11 is 0. The van der Waals surface area contributed by atoms with Gasteiger partial charge in [-0.2, -0.15) is 0 Å². The lowest BCUT2D eigenvalue weighted by atomic mass is 9.90. The molecule has 0 aliphatic carbocycles. The first-order valence-electron chi connectivity index (χ1n) is 9.75. The third kappa shape index (κ3) is 2.38. The second kappa shape index (κ2) is 6.29. The Morgan fingerprint density at radius 3 is 2.19 bits per heavy atom. The average molecular weight is 361 g/mol. The number of carbonyl (C=O) groups excluding carboxylic acids is 2. The fourth-order valence-electron chi connectivity index (χ4n) is 4.90. The number of hydrogen-bond acceptors (Lipinski definition) is 4. The van der Waals surface area contributed by atoms with E-state index >= 15 is 0 Å². The Hall–Kier alpha value is -2.50. The van der Waals surface area contributed by atoms with Gasteiger partial charge in [0, 0.05) is 13.1 Å². The zero-order valence-corrected chi connectivity index (χ0v) is 15.4. The van der Waals surface area contributed by atoms with Crippen molar-refractivity contribution < 1.29 is 9.59 Å². The molecule has 5 nitrogen and oxygen atoms in total. The molecular formula is C22H23N3O2. The maximum Gasteiger partial charge on any atom is 0.253 e. The quantitative estimate of drug-likeness (QED) is 0.789. The van der Waals surface area contributed by atoms with E-state index in [1.807, 2.05) is 42.5 Å². The first-order valence-corrected chi connectivity index (χ1v) is 9.75. The van der Waals surface area contributed by atoms with Crippen LogP contribution in [0.3, 0.4) is 0 Å². The summed E-state index contributed by atoms with van der Waals surface area (Å²) in [5, 5.41) is 4.39. The van der Waals surface area contributed by atoms with Gasteiger partial charge in [0.05, 0.1) is 17.6 Å². The summed E-state index contributed by atoms with van der Waals surface area (Å²) in [6.07, 6.45) is 1.96. The molecule has 3 saturated heterocycles. The highest BCUT2D eigenvalue weighted by Gasteiger charge is 2.62. The molecule has 0 radical (unpaired) electrons.